The molecule has 0 aliphatic carbocycles. The van der Waals surface area contributed by atoms with Crippen LogP contribution < -0.4 is 5.32 Å². The van der Waals surface area contributed by atoms with Gasteiger partial charge in [-0.15, -0.1) is 0 Å². The van der Waals surface area contributed by atoms with Crippen LogP contribution in [0.5, 0.6) is 0 Å². The van der Waals surface area contributed by atoms with Gasteiger partial charge in [0.2, 0.25) is 0 Å². The Kier molecular flexibility index (Phi) is 4.59. The first-order valence-electron chi connectivity index (χ1n) is 7.85. The molecule has 2 aromatic rings. The van der Waals surface area contributed by atoms with Crippen LogP contribution in [-0.2, 0) is 11.3 Å². The zero-order valence-corrected chi connectivity index (χ0v) is 12.9. The summed E-state index contributed by atoms with van der Waals surface area (Å²) in [4.78, 5) is 12.5. The summed E-state index contributed by atoms with van der Waals surface area (Å²) in [5.41, 5.74) is 1.87. The first kappa shape index (κ1) is 14.9. The number of ether oxygens (including phenoxy) is 1. The Hall–Kier alpha value is -2.07. The lowest BCUT2D eigenvalue weighted by molar-refractivity contribution is 0.0707. The Labute approximate surface area is 131 Å². The molecule has 2 heterocycles. The molecule has 0 bridgehead atoms. The molecule has 4 heteroatoms. The van der Waals surface area contributed by atoms with E-state index >= 15 is 0 Å². The first-order chi connectivity index (χ1) is 10.7. The molecule has 0 spiro atoms. The van der Waals surface area contributed by atoms with Crippen molar-refractivity contribution < 1.29 is 9.53 Å². The zero-order valence-electron chi connectivity index (χ0n) is 12.9. The predicted octanol–water partition coefficient (Wildman–Crippen LogP) is 2.83. The maximum absolute atomic E-state index is 12.5. The molecule has 1 saturated heterocycles. The molecule has 116 valence electrons. The molecule has 1 aromatic heterocycles. The first-order valence-corrected chi connectivity index (χ1v) is 7.85. The number of carbonyl (C=O) groups excluding carboxylic acids is 1. The van der Waals surface area contributed by atoms with Gasteiger partial charge in [-0.3, -0.25) is 4.79 Å². The zero-order chi connectivity index (χ0) is 15.4. The molecule has 1 fully saturated rings. The molecule has 0 saturated carbocycles. The van der Waals surface area contributed by atoms with Gasteiger partial charge in [-0.2, -0.15) is 0 Å². The second-order valence-electron chi connectivity index (χ2n) is 5.82. The van der Waals surface area contributed by atoms with Gasteiger partial charge in [0.25, 0.3) is 5.91 Å². The van der Waals surface area contributed by atoms with E-state index in [1.807, 2.05) is 48.0 Å². The van der Waals surface area contributed by atoms with Crippen molar-refractivity contribution in [2.45, 2.75) is 38.5 Å². The lowest BCUT2D eigenvalue weighted by Gasteiger charge is -2.20. The van der Waals surface area contributed by atoms with Crippen LogP contribution in [0, 0.1) is 0 Å². The van der Waals surface area contributed by atoms with Gasteiger partial charge in [-0.25, -0.2) is 0 Å². The van der Waals surface area contributed by atoms with E-state index in [0.717, 1.165) is 19.4 Å². The van der Waals surface area contributed by atoms with Gasteiger partial charge >= 0.3 is 0 Å². The minimum Gasteiger partial charge on any atom is -0.376 e. The monoisotopic (exact) mass is 298 g/mol. The SMILES string of the molecule is C[C@@H](NC(=O)c1cccn1Cc1ccccc1)[C@@H]1CCCO1. The van der Waals surface area contributed by atoms with Gasteiger partial charge in [-0.1, -0.05) is 30.3 Å². The van der Waals surface area contributed by atoms with E-state index in [-0.39, 0.29) is 18.1 Å². The molecule has 2 atom stereocenters. The smallest absolute Gasteiger partial charge is 0.268 e. The van der Waals surface area contributed by atoms with Crippen LogP contribution in [0.3, 0.4) is 0 Å². The normalized spacial score (nSPS) is 19.0. The van der Waals surface area contributed by atoms with E-state index in [4.69, 9.17) is 4.74 Å². The predicted molar refractivity (Wildman–Crippen MR) is 85.9 cm³/mol. The highest BCUT2D eigenvalue weighted by Crippen LogP contribution is 2.16. The van der Waals surface area contributed by atoms with E-state index in [9.17, 15) is 4.79 Å². The van der Waals surface area contributed by atoms with Crippen molar-refractivity contribution in [3.05, 3.63) is 59.9 Å². The maximum Gasteiger partial charge on any atom is 0.268 e. The molecule has 3 rings (SSSR count). The third-order valence-corrected chi connectivity index (χ3v) is 4.14. The largest absolute Gasteiger partial charge is 0.376 e. The number of nitrogens with one attached hydrogen (secondary N) is 1. The number of benzene rings is 1. The Bertz CT molecular complexity index is 615. The molecule has 1 N–H and O–H groups in total. The lowest BCUT2D eigenvalue weighted by Crippen LogP contribution is -2.41. The van der Waals surface area contributed by atoms with Crippen LogP contribution >= 0.6 is 0 Å². The molecule has 1 amide bonds. The Morgan fingerprint density at radius 1 is 1.32 bits per heavy atom. The highest BCUT2D eigenvalue weighted by Gasteiger charge is 2.24. The topological polar surface area (TPSA) is 43.3 Å². The van der Waals surface area contributed by atoms with Crippen molar-refractivity contribution >= 4 is 5.91 Å². The summed E-state index contributed by atoms with van der Waals surface area (Å²) in [6.07, 6.45) is 4.18. The summed E-state index contributed by atoms with van der Waals surface area (Å²) in [5, 5.41) is 3.07. The van der Waals surface area contributed by atoms with Crippen LogP contribution in [0.2, 0.25) is 0 Å². The van der Waals surface area contributed by atoms with Crippen LogP contribution in [0.4, 0.5) is 0 Å². The van der Waals surface area contributed by atoms with E-state index in [2.05, 4.69) is 17.4 Å². The summed E-state index contributed by atoms with van der Waals surface area (Å²) in [5.74, 6) is -0.0380. The minimum atomic E-state index is -0.0380. The fraction of sp³-hybridized carbons (Fsp3) is 0.389. The van der Waals surface area contributed by atoms with Crippen molar-refractivity contribution in [3.8, 4) is 0 Å². The molecule has 22 heavy (non-hydrogen) atoms. The van der Waals surface area contributed by atoms with Crippen molar-refractivity contribution in [2.24, 2.45) is 0 Å². The summed E-state index contributed by atoms with van der Waals surface area (Å²) < 4.78 is 7.62. The third kappa shape index (κ3) is 3.39. The number of aromatic nitrogens is 1. The van der Waals surface area contributed by atoms with Gasteiger partial charge in [0.15, 0.2) is 0 Å². The molecule has 0 radical (unpaired) electrons. The second-order valence-corrected chi connectivity index (χ2v) is 5.82. The van der Waals surface area contributed by atoms with Crippen LogP contribution in [0.15, 0.2) is 48.7 Å². The molecule has 1 aliphatic rings. The number of amides is 1. The summed E-state index contributed by atoms with van der Waals surface area (Å²) in [7, 11) is 0. The maximum atomic E-state index is 12.5. The third-order valence-electron chi connectivity index (χ3n) is 4.14. The lowest BCUT2D eigenvalue weighted by atomic mass is 10.1. The number of hydrogen-bond donors (Lipinski definition) is 1. The molecule has 1 aromatic carbocycles. The quantitative estimate of drug-likeness (QED) is 0.922. The van der Waals surface area contributed by atoms with Crippen LogP contribution in [0.25, 0.3) is 0 Å². The Morgan fingerprint density at radius 3 is 2.86 bits per heavy atom. The van der Waals surface area contributed by atoms with E-state index < -0.39 is 0 Å². The van der Waals surface area contributed by atoms with E-state index in [1.165, 1.54) is 5.56 Å². The van der Waals surface area contributed by atoms with Crippen LogP contribution in [-0.4, -0.2) is 29.2 Å². The highest BCUT2D eigenvalue weighted by atomic mass is 16.5. The number of nitrogens with zero attached hydrogens (tertiary/aromatic N) is 1. The number of hydrogen-bond acceptors (Lipinski definition) is 2. The highest BCUT2D eigenvalue weighted by molar-refractivity contribution is 5.93. The fourth-order valence-electron chi connectivity index (χ4n) is 2.91. The van der Waals surface area contributed by atoms with Crippen molar-refractivity contribution in [2.75, 3.05) is 6.61 Å². The standard InChI is InChI=1S/C18H22N2O2/c1-14(17-10-6-12-22-17)19-18(21)16-9-5-11-20(16)13-15-7-3-2-4-8-15/h2-5,7-9,11,14,17H,6,10,12-13H2,1H3,(H,19,21)/t14-,17+/m1/s1. The summed E-state index contributed by atoms with van der Waals surface area (Å²) >= 11 is 0. The molecule has 1 aliphatic heterocycles. The average Bonchev–Trinajstić information content (AvgIpc) is 3.19. The van der Waals surface area contributed by atoms with Gasteiger partial charge < -0.3 is 14.6 Å². The number of carbonyl (C=O) groups is 1. The average molecular weight is 298 g/mol. The van der Waals surface area contributed by atoms with Gasteiger partial charge in [-0.05, 0) is 37.5 Å². The summed E-state index contributed by atoms with van der Waals surface area (Å²) in [6.45, 7) is 3.51. The molecular formula is C18H22N2O2. The van der Waals surface area contributed by atoms with E-state index in [1.54, 1.807) is 0 Å². The molecule has 4 nitrogen and oxygen atoms in total. The van der Waals surface area contributed by atoms with Gasteiger partial charge in [0.1, 0.15) is 5.69 Å². The molecule has 0 unspecified atom stereocenters. The minimum absolute atomic E-state index is 0.0371. The second kappa shape index (κ2) is 6.79. The van der Waals surface area contributed by atoms with Crippen molar-refractivity contribution in [1.29, 1.82) is 0 Å². The van der Waals surface area contributed by atoms with Gasteiger partial charge in [0, 0.05) is 19.3 Å². The summed E-state index contributed by atoms with van der Waals surface area (Å²) in [6, 6.07) is 14.0. The van der Waals surface area contributed by atoms with Crippen LogP contribution in [0.1, 0.15) is 35.8 Å². The van der Waals surface area contributed by atoms with Crippen molar-refractivity contribution in [1.82, 2.24) is 9.88 Å². The number of rotatable bonds is 5. The van der Waals surface area contributed by atoms with E-state index in [0.29, 0.717) is 12.2 Å². The Balaban J connectivity index is 1.67. The van der Waals surface area contributed by atoms with Crippen molar-refractivity contribution in [3.63, 3.8) is 0 Å². The fourth-order valence-corrected chi connectivity index (χ4v) is 2.91. The molecular weight excluding hydrogens is 276 g/mol. The Morgan fingerprint density at radius 2 is 2.14 bits per heavy atom. The van der Waals surface area contributed by atoms with Gasteiger partial charge in [0.05, 0.1) is 12.1 Å².